The fourth-order valence-corrected chi connectivity index (χ4v) is 0.893. The maximum Gasteiger partial charge on any atom is 0.327 e. The molecule has 0 aliphatic carbocycles. The number of hydrogen-bond donors (Lipinski definition) is 2. The summed E-state index contributed by atoms with van der Waals surface area (Å²) in [5, 5.41) is 4.69. The molecule has 5 nitrogen and oxygen atoms in total. The number of carbonyl (C=O) groups excluding carboxylic acids is 2. The van der Waals surface area contributed by atoms with Crippen molar-refractivity contribution in [1.29, 1.82) is 0 Å². The van der Waals surface area contributed by atoms with Crippen LogP contribution in [0.25, 0.3) is 0 Å². The molecule has 1 aromatic carbocycles. The van der Waals surface area contributed by atoms with E-state index in [1.807, 2.05) is 6.07 Å². The van der Waals surface area contributed by atoms with Gasteiger partial charge in [0, 0.05) is 19.8 Å². The van der Waals surface area contributed by atoms with Gasteiger partial charge in [0.25, 0.3) is 0 Å². The zero-order chi connectivity index (χ0) is 11.3. The van der Waals surface area contributed by atoms with Crippen LogP contribution >= 0.6 is 0 Å². The topological polar surface area (TPSA) is 61.4 Å². The van der Waals surface area contributed by atoms with Crippen LogP contribution < -0.4 is 10.6 Å². The molecular weight excluding hydrogens is 194 g/mol. The maximum absolute atomic E-state index is 11.3. The summed E-state index contributed by atoms with van der Waals surface area (Å²) >= 11 is 0. The molecule has 0 heterocycles. The van der Waals surface area contributed by atoms with Crippen LogP contribution in [0.1, 0.15) is 0 Å². The van der Waals surface area contributed by atoms with Gasteiger partial charge in [-0.05, 0) is 12.1 Å². The highest BCUT2D eigenvalue weighted by Gasteiger charge is 2.08. The Hall–Kier alpha value is -2.04. The van der Waals surface area contributed by atoms with Crippen molar-refractivity contribution in [1.82, 2.24) is 10.2 Å². The SMILES string of the molecule is CN(C)C(=O)NC(=O)Nc1ccccc1. The van der Waals surface area contributed by atoms with Crippen LogP contribution in [-0.4, -0.2) is 31.1 Å². The van der Waals surface area contributed by atoms with Crippen molar-refractivity contribution >= 4 is 17.7 Å². The van der Waals surface area contributed by atoms with Crippen molar-refractivity contribution in [2.24, 2.45) is 0 Å². The number of benzene rings is 1. The van der Waals surface area contributed by atoms with Crippen LogP contribution in [0.3, 0.4) is 0 Å². The molecule has 0 spiro atoms. The van der Waals surface area contributed by atoms with E-state index in [0.29, 0.717) is 5.69 Å². The summed E-state index contributed by atoms with van der Waals surface area (Å²) in [6.07, 6.45) is 0. The van der Waals surface area contributed by atoms with Gasteiger partial charge in [0.1, 0.15) is 0 Å². The van der Waals surface area contributed by atoms with Gasteiger partial charge in [0.2, 0.25) is 0 Å². The van der Waals surface area contributed by atoms with Crippen LogP contribution in [0.4, 0.5) is 15.3 Å². The lowest BCUT2D eigenvalue weighted by atomic mass is 10.3. The highest BCUT2D eigenvalue weighted by atomic mass is 16.2. The third-order valence-corrected chi connectivity index (χ3v) is 1.66. The van der Waals surface area contributed by atoms with Gasteiger partial charge in [-0.15, -0.1) is 0 Å². The van der Waals surface area contributed by atoms with Crippen LogP contribution in [0.15, 0.2) is 30.3 Å². The predicted octanol–water partition coefficient (Wildman–Crippen LogP) is 1.49. The molecule has 0 unspecified atom stereocenters. The quantitative estimate of drug-likeness (QED) is 0.732. The molecule has 0 aliphatic heterocycles. The van der Waals surface area contributed by atoms with E-state index in [4.69, 9.17) is 0 Å². The van der Waals surface area contributed by atoms with Crippen LogP contribution in [0.2, 0.25) is 0 Å². The van der Waals surface area contributed by atoms with E-state index in [1.165, 1.54) is 4.90 Å². The first-order chi connectivity index (χ1) is 7.09. The second-order valence-electron chi connectivity index (χ2n) is 3.14. The number of para-hydroxylation sites is 1. The van der Waals surface area contributed by atoms with Gasteiger partial charge in [-0.25, -0.2) is 9.59 Å². The van der Waals surface area contributed by atoms with Crippen LogP contribution in [0.5, 0.6) is 0 Å². The molecule has 0 aromatic heterocycles. The molecule has 1 rings (SSSR count). The normalized spacial score (nSPS) is 9.20. The number of urea groups is 2. The second kappa shape index (κ2) is 4.99. The molecule has 0 bridgehead atoms. The molecule has 0 fully saturated rings. The van der Waals surface area contributed by atoms with Crippen LogP contribution in [0, 0.1) is 0 Å². The minimum atomic E-state index is -0.542. The summed E-state index contributed by atoms with van der Waals surface area (Å²) < 4.78 is 0. The molecule has 1 aromatic rings. The highest BCUT2D eigenvalue weighted by molar-refractivity contribution is 6.00. The van der Waals surface area contributed by atoms with Gasteiger partial charge < -0.3 is 10.2 Å². The lowest BCUT2D eigenvalue weighted by molar-refractivity contribution is 0.214. The molecular formula is C10H13N3O2. The minimum absolute atomic E-state index is 0.455. The average Bonchev–Trinajstić information content (AvgIpc) is 2.18. The van der Waals surface area contributed by atoms with E-state index < -0.39 is 12.1 Å². The molecule has 2 N–H and O–H groups in total. The summed E-state index contributed by atoms with van der Waals surface area (Å²) in [6.45, 7) is 0. The third kappa shape index (κ3) is 3.68. The first kappa shape index (κ1) is 11.0. The van der Waals surface area contributed by atoms with E-state index >= 15 is 0 Å². The van der Waals surface area contributed by atoms with Crippen molar-refractivity contribution in [2.75, 3.05) is 19.4 Å². The Bertz CT molecular complexity index is 349. The molecule has 0 saturated carbocycles. The summed E-state index contributed by atoms with van der Waals surface area (Å²) in [4.78, 5) is 23.6. The molecule has 15 heavy (non-hydrogen) atoms. The standard InChI is InChI=1S/C10H13N3O2/c1-13(2)10(15)12-9(14)11-8-6-4-3-5-7-8/h3-7H,1-2H3,(H2,11,12,14,15). The van der Waals surface area contributed by atoms with E-state index in [-0.39, 0.29) is 0 Å². The van der Waals surface area contributed by atoms with Crippen molar-refractivity contribution < 1.29 is 9.59 Å². The summed E-state index contributed by atoms with van der Waals surface area (Å²) in [7, 11) is 3.12. The number of rotatable bonds is 1. The number of hydrogen-bond acceptors (Lipinski definition) is 2. The lowest BCUT2D eigenvalue weighted by Crippen LogP contribution is -2.40. The molecule has 4 amide bonds. The fourth-order valence-electron chi connectivity index (χ4n) is 0.893. The number of anilines is 1. The van der Waals surface area contributed by atoms with Gasteiger partial charge in [-0.3, -0.25) is 5.32 Å². The van der Waals surface area contributed by atoms with Crippen molar-refractivity contribution in [3.63, 3.8) is 0 Å². The van der Waals surface area contributed by atoms with Gasteiger partial charge >= 0.3 is 12.1 Å². The lowest BCUT2D eigenvalue weighted by Gasteiger charge is -2.11. The predicted molar refractivity (Wildman–Crippen MR) is 57.7 cm³/mol. The molecule has 0 saturated heterocycles. The van der Waals surface area contributed by atoms with Gasteiger partial charge in [-0.1, -0.05) is 18.2 Å². The smallest absolute Gasteiger partial charge is 0.327 e. The Morgan fingerprint density at radius 1 is 1.13 bits per heavy atom. The Labute approximate surface area is 88.1 Å². The zero-order valence-corrected chi connectivity index (χ0v) is 8.65. The number of nitrogens with one attached hydrogen (secondary N) is 2. The number of carbonyl (C=O) groups is 2. The molecule has 0 atom stereocenters. The zero-order valence-electron chi connectivity index (χ0n) is 8.65. The van der Waals surface area contributed by atoms with E-state index in [2.05, 4.69) is 10.6 Å². The van der Waals surface area contributed by atoms with Crippen LogP contribution in [-0.2, 0) is 0 Å². The molecule has 0 aliphatic rings. The first-order valence-electron chi connectivity index (χ1n) is 4.44. The largest absolute Gasteiger partial charge is 0.331 e. The average molecular weight is 207 g/mol. The number of imide groups is 1. The molecule has 0 radical (unpaired) electrons. The summed E-state index contributed by atoms with van der Waals surface area (Å²) in [6, 6.07) is 7.91. The highest BCUT2D eigenvalue weighted by Crippen LogP contribution is 2.03. The maximum atomic E-state index is 11.3. The summed E-state index contributed by atoms with van der Waals surface area (Å²) in [5.74, 6) is 0. The molecule has 80 valence electrons. The van der Waals surface area contributed by atoms with Crippen molar-refractivity contribution in [3.8, 4) is 0 Å². The van der Waals surface area contributed by atoms with Gasteiger partial charge in [0.05, 0.1) is 0 Å². The molecule has 5 heteroatoms. The Morgan fingerprint density at radius 3 is 2.27 bits per heavy atom. The fraction of sp³-hybridized carbons (Fsp3) is 0.200. The second-order valence-corrected chi connectivity index (χ2v) is 3.14. The van der Waals surface area contributed by atoms with E-state index in [0.717, 1.165) is 0 Å². The van der Waals surface area contributed by atoms with Gasteiger partial charge in [-0.2, -0.15) is 0 Å². The van der Waals surface area contributed by atoms with E-state index in [9.17, 15) is 9.59 Å². The number of nitrogens with zero attached hydrogens (tertiary/aromatic N) is 1. The Kier molecular flexibility index (Phi) is 3.68. The Morgan fingerprint density at radius 2 is 1.73 bits per heavy atom. The minimum Gasteiger partial charge on any atom is -0.331 e. The van der Waals surface area contributed by atoms with E-state index in [1.54, 1.807) is 38.4 Å². The summed E-state index contributed by atoms with van der Waals surface area (Å²) in [5.41, 5.74) is 0.640. The van der Waals surface area contributed by atoms with Crippen molar-refractivity contribution in [3.05, 3.63) is 30.3 Å². The van der Waals surface area contributed by atoms with Crippen molar-refractivity contribution in [2.45, 2.75) is 0 Å². The first-order valence-corrected chi connectivity index (χ1v) is 4.44. The monoisotopic (exact) mass is 207 g/mol. The Balaban J connectivity index is 2.47. The number of amides is 4. The van der Waals surface area contributed by atoms with Gasteiger partial charge in [0.15, 0.2) is 0 Å². The third-order valence-electron chi connectivity index (χ3n) is 1.66.